The van der Waals surface area contributed by atoms with Crippen molar-refractivity contribution < 1.29 is 18.0 Å². The minimum absolute atomic E-state index is 0.0875. The van der Waals surface area contributed by atoms with Crippen molar-refractivity contribution in [3.8, 4) is 12.3 Å². The predicted molar refractivity (Wildman–Crippen MR) is 76.0 cm³/mol. The Morgan fingerprint density at radius 3 is 2.77 bits per heavy atom. The fraction of sp³-hybridized carbons (Fsp3) is 0.467. The third kappa shape index (κ3) is 3.91. The van der Waals surface area contributed by atoms with Gasteiger partial charge in [-0.05, 0) is 18.9 Å². The van der Waals surface area contributed by atoms with Crippen molar-refractivity contribution in [1.82, 2.24) is 10.3 Å². The van der Waals surface area contributed by atoms with Crippen molar-refractivity contribution in [3.63, 3.8) is 0 Å². The molecule has 118 valence electrons. The van der Waals surface area contributed by atoms with E-state index in [1.807, 2.05) is 0 Å². The van der Waals surface area contributed by atoms with E-state index in [0.717, 1.165) is 44.1 Å². The van der Waals surface area contributed by atoms with Crippen LogP contribution in [0.1, 0.15) is 31.2 Å². The van der Waals surface area contributed by atoms with Crippen LogP contribution in [0.2, 0.25) is 0 Å². The lowest BCUT2D eigenvalue weighted by Crippen LogP contribution is -2.43. The van der Waals surface area contributed by atoms with Gasteiger partial charge in [0.15, 0.2) is 0 Å². The molecule has 4 nitrogen and oxygen atoms in total. The van der Waals surface area contributed by atoms with Crippen LogP contribution >= 0.6 is 0 Å². The molecule has 1 aromatic rings. The zero-order chi connectivity index (χ0) is 16.2. The number of carbonyl (C=O) groups is 1. The van der Waals surface area contributed by atoms with Gasteiger partial charge in [0.2, 0.25) is 0 Å². The number of pyridine rings is 1. The monoisotopic (exact) mass is 311 g/mol. The molecule has 2 N–H and O–H groups in total. The molecule has 2 atom stereocenters. The molecule has 2 amide bonds. The number of halogens is 3. The van der Waals surface area contributed by atoms with Crippen LogP contribution in [0, 0.1) is 18.3 Å². The van der Waals surface area contributed by atoms with E-state index in [0.29, 0.717) is 0 Å². The second kappa shape index (κ2) is 6.69. The first-order valence-corrected chi connectivity index (χ1v) is 6.96. The van der Waals surface area contributed by atoms with Gasteiger partial charge in [-0.25, -0.2) is 4.79 Å². The van der Waals surface area contributed by atoms with E-state index in [-0.39, 0.29) is 17.6 Å². The Kier molecular flexibility index (Phi) is 4.91. The summed E-state index contributed by atoms with van der Waals surface area (Å²) in [5, 5.41) is 4.87. The lowest BCUT2D eigenvalue weighted by Gasteiger charge is -2.28. The van der Waals surface area contributed by atoms with Gasteiger partial charge in [-0.2, -0.15) is 13.2 Å². The van der Waals surface area contributed by atoms with E-state index in [9.17, 15) is 18.0 Å². The number of rotatable bonds is 2. The molecule has 1 aliphatic carbocycles. The third-order valence-corrected chi connectivity index (χ3v) is 3.67. The maximum atomic E-state index is 12.8. The lowest BCUT2D eigenvalue weighted by molar-refractivity contribution is -0.137. The van der Waals surface area contributed by atoms with Gasteiger partial charge >= 0.3 is 12.2 Å². The van der Waals surface area contributed by atoms with E-state index in [1.54, 1.807) is 0 Å². The number of urea groups is 1. The summed E-state index contributed by atoms with van der Waals surface area (Å²) in [6, 6.07) is -0.101. The molecule has 22 heavy (non-hydrogen) atoms. The Morgan fingerprint density at radius 1 is 1.36 bits per heavy atom. The van der Waals surface area contributed by atoms with E-state index in [1.165, 1.54) is 0 Å². The Bertz CT molecular complexity index is 580. The molecule has 7 heteroatoms. The summed E-state index contributed by atoms with van der Waals surface area (Å²) in [7, 11) is 0. The van der Waals surface area contributed by atoms with E-state index >= 15 is 0 Å². The van der Waals surface area contributed by atoms with Gasteiger partial charge in [-0.15, -0.1) is 12.3 Å². The third-order valence-electron chi connectivity index (χ3n) is 3.67. The Labute approximate surface area is 126 Å². The molecular weight excluding hydrogens is 295 g/mol. The average molecular weight is 311 g/mol. The second-order valence-corrected chi connectivity index (χ2v) is 5.18. The van der Waals surface area contributed by atoms with Crippen molar-refractivity contribution >= 4 is 11.7 Å². The average Bonchev–Trinajstić information content (AvgIpc) is 2.47. The van der Waals surface area contributed by atoms with Crippen LogP contribution in [0.3, 0.4) is 0 Å². The summed E-state index contributed by atoms with van der Waals surface area (Å²) in [4.78, 5) is 15.6. The van der Waals surface area contributed by atoms with Crippen LogP contribution in [-0.4, -0.2) is 17.1 Å². The largest absolute Gasteiger partial charge is 0.418 e. The summed E-state index contributed by atoms with van der Waals surface area (Å²) in [5.74, 6) is 2.54. The van der Waals surface area contributed by atoms with Crippen molar-refractivity contribution in [2.75, 3.05) is 5.32 Å². The molecule has 0 aliphatic heterocycles. The maximum absolute atomic E-state index is 12.8. The van der Waals surface area contributed by atoms with E-state index in [4.69, 9.17) is 6.42 Å². The molecule has 0 saturated heterocycles. The molecule has 2 rings (SSSR count). The fourth-order valence-electron chi connectivity index (χ4n) is 2.57. The minimum Gasteiger partial charge on any atom is -0.334 e. The first-order valence-electron chi connectivity index (χ1n) is 6.96. The van der Waals surface area contributed by atoms with Crippen LogP contribution < -0.4 is 10.6 Å². The Hall–Kier alpha value is -2.23. The zero-order valence-corrected chi connectivity index (χ0v) is 11.8. The highest BCUT2D eigenvalue weighted by molar-refractivity contribution is 5.90. The van der Waals surface area contributed by atoms with Gasteiger partial charge in [0.25, 0.3) is 0 Å². The zero-order valence-electron chi connectivity index (χ0n) is 11.8. The number of carbonyl (C=O) groups excluding carboxylic acids is 1. The Morgan fingerprint density at radius 2 is 2.09 bits per heavy atom. The van der Waals surface area contributed by atoms with Gasteiger partial charge in [0, 0.05) is 18.2 Å². The first-order chi connectivity index (χ1) is 10.4. The summed E-state index contributed by atoms with van der Waals surface area (Å²) < 4.78 is 38.5. The van der Waals surface area contributed by atoms with Crippen molar-refractivity contribution in [3.05, 3.63) is 24.0 Å². The van der Waals surface area contributed by atoms with Crippen LogP contribution in [0.4, 0.5) is 23.7 Å². The lowest BCUT2D eigenvalue weighted by atomic mass is 9.85. The predicted octanol–water partition coefficient (Wildman–Crippen LogP) is 3.41. The highest BCUT2D eigenvalue weighted by atomic mass is 19.4. The van der Waals surface area contributed by atoms with Crippen molar-refractivity contribution in [2.24, 2.45) is 5.92 Å². The van der Waals surface area contributed by atoms with Gasteiger partial charge in [0.1, 0.15) is 0 Å². The quantitative estimate of drug-likeness (QED) is 0.822. The first kappa shape index (κ1) is 16.1. The molecule has 1 aromatic heterocycles. The van der Waals surface area contributed by atoms with Crippen LogP contribution in [0.5, 0.6) is 0 Å². The van der Waals surface area contributed by atoms with Crippen molar-refractivity contribution in [2.45, 2.75) is 37.9 Å². The minimum atomic E-state index is -4.56. The molecule has 1 aliphatic rings. The number of alkyl halides is 3. The second-order valence-electron chi connectivity index (χ2n) is 5.18. The van der Waals surface area contributed by atoms with Gasteiger partial charge in [-0.1, -0.05) is 12.8 Å². The number of nitrogens with zero attached hydrogens (tertiary/aromatic N) is 1. The summed E-state index contributed by atoms with van der Waals surface area (Å²) in [6.45, 7) is 0. The SMILES string of the molecule is C#CC1CCCCC1NC(=O)Nc1cnccc1C(F)(F)F. The van der Waals surface area contributed by atoms with Gasteiger partial charge < -0.3 is 10.6 Å². The molecule has 1 heterocycles. The molecule has 1 fully saturated rings. The number of anilines is 1. The highest BCUT2D eigenvalue weighted by Gasteiger charge is 2.34. The number of hydrogen-bond acceptors (Lipinski definition) is 2. The summed E-state index contributed by atoms with van der Waals surface area (Å²) >= 11 is 0. The van der Waals surface area contributed by atoms with Crippen LogP contribution in [-0.2, 0) is 6.18 Å². The standard InChI is InChI=1S/C15H16F3N3O/c1-2-10-5-3-4-6-12(10)20-14(22)21-13-9-19-8-7-11(13)15(16,17)18/h1,7-10,12H,3-6H2,(H2,20,21,22). The highest BCUT2D eigenvalue weighted by Crippen LogP contribution is 2.34. The number of nitrogens with one attached hydrogen (secondary N) is 2. The van der Waals surface area contributed by atoms with Crippen molar-refractivity contribution in [1.29, 1.82) is 0 Å². The van der Waals surface area contributed by atoms with E-state index in [2.05, 4.69) is 21.5 Å². The maximum Gasteiger partial charge on any atom is 0.418 e. The summed E-state index contributed by atoms with van der Waals surface area (Å²) in [6.07, 6.45) is 6.33. The number of hydrogen-bond donors (Lipinski definition) is 2. The number of terminal acetylenes is 1. The summed E-state index contributed by atoms with van der Waals surface area (Å²) in [5.41, 5.74) is -1.31. The van der Waals surface area contributed by atoms with E-state index < -0.39 is 17.8 Å². The smallest absolute Gasteiger partial charge is 0.334 e. The molecule has 0 aromatic carbocycles. The fourth-order valence-corrected chi connectivity index (χ4v) is 2.57. The van der Waals surface area contributed by atoms with Gasteiger partial charge in [0.05, 0.1) is 17.4 Å². The molecule has 1 saturated carbocycles. The topological polar surface area (TPSA) is 54.0 Å². The molecule has 0 radical (unpaired) electrons. The molecule has 2 unspecified atom stereocenters. The molecule has 0 bridgehead atoms. The normalized spacial score (nSPS) is 21.7. The van der Waals surface area contributed by atoms with Crippen LogP contribution in [0.15, 0.2) is 18.5 Å². The Balaban J connectivity index is 2.05. The van der Waals surface area contributed by atoms with Gasteiger partial charge in [-0.3, -0.25) is 4.98 Å². The number of amides is 2. The molecular formula is C15H16F3N3O. The van der Waals surface area contributed by atoms with Crippen LogP contribution in [0.25, 0.3) is 0 Å². The molecule has 0 spiro atoms. The number of aromatic nitrogens is 1.